The molecule has 0 radical (unpaired) electrons. The largest absolute Gasteiger partial charge is 0.393 e. The predicted molar refractivity (Wildman–Crippen MR) is 61.5 cm³/mol. The molecule has 2 nitrogen and oxygen atoms in total. The molecule has 0 bridgehead atoms. The number of aliphatic hydroxyl groups is 1. The number of rotatable bonds is 4. The topological polar surface area (TPSA) is 23.5 Å². The Morgan fingerprint density at radius 3 is 2.40 bits per heavy atom. The van der Waals surface area contributed by atoms with Crippen molar-refractivity contribution < 1.29 is 5.11 Å². The molecule has 0 aromatic heterocycles. The highest BCUT2D eigenvalue weighted by molar-refractivity contribution is 5.30. The van der Waals surface area contributed by atoms with Gasteiger partial charge in [0.1, 0.15) is 0 Å². The maximum Gasteiger partial charge on any atom is 0.0512 e. The zero-order chi connectivity index (χ0) is 10.7. The van der Waals surface area contributed by atoms with Crippen molar-refractivity contribution in [2.24, 2.45) is 0 Å². The summed E-state index contributed by atoms with van der Waals surface area (Å²) in [6, 6.07) is 8.64. The molecule has 2 rings (SSSR count). The number of nitrogens with zero attached hydrogens (tertiary/aromatic N) is 1. The molecule has 0 spiro atoms. The van der Waals surface area contributed by atoms with Crippen molar-refractivity contribution in [1.29, 1.82) is 0 Å². The number of benzene rings is 1. The van der Waals surface area contributed by atoms with Crippen LogP contribution in [0.5, 0.6) is 0 Å². The molecule has 1 aliphatic rings. The Morgan fingerprint density at radius 1 is 1.27 bits per heavy atom. The van der Waals surface area contributed by atoms with E-state index in [1.807, 2.05) is 6.92 Å². The summed E-state index contributed by atoms with van der Waals surface area (Å²) >= 11 is 0. The van der Waals surface area contributed by atoms with Gasteiger partial charge >= 0.3 is 0 Å². The normalized spacial score (nSPS) is 17.7. The lowest BCUT2D eigenvalue weighted by Gasteiger charge is -2.14. The number of hydrogen-bond acceptors (Lipinski definition) is 2. The number of fused-ring (bicyclic) bond motifs is 1. The second kappa shape index (κ2) is 4.77. The van der Waals surface area contributed by atoms with Crippen LogP contribution in [0, 0.1) is 0 Å². The monoisotopic (exact) mass is 205 g/mol. The Morgan fingerprint density at radius 2 is 1.87 bits per heavy atom. The molecule has 1 aromatic rings. The Balaban J connectivity index is 1.80. The van der Waals surface area contributed by atoms with E-state index in [-0.39, 0.29) is 6.10 Å². The molecule has 0 aliphatic carbocycles. The van der Waals surface area contributed by atoms with Crippen molar-refractivity contribution >= 4 is 0 Å². The summed E-state index contributed by atoms with van der Waals surface area (Å²) in [7, 11) is 0. The van der Waals surface area contributed by atoms with E-state index in [0.29, 0.717) is 0 Å². The van der Waals surface area contributed by atoms with Crippen LogP contribution in [0.2, 0.25) is 0 Å². The summed E-state index contributed by atoms with van der Waals surface area (Å²) in [5.41, 5.74) is 2.93. The van der Waals surface area contributed by atoms with Gasteiger partial charge in [-0.15, -0.1) is 0 Å². The molecule has 15 heavy (non-hydrogen) atoms. The molecule has 0 fully saturated rings. The van der Waals surface area contributed by atoms with E-state index in [1.165, 1.54) is 11.1 Å². The second-order valence-electron chi connectivity index (χ2n) is 4.47. The van der Waals surface area contributed by atoms with Crippen LogP contribution in [0.3, 0.4) is 0 Å². The fraction of sp³-hybridized carbons (Fsp3) is 0.538. The fourth-order valence-electron chi connectivity index (χ4n) is 2.17. The zero-order valence-electron chi connectivity index (χ0n) is 9.32. The molecule has 1 heterocycles. The van der Waals surface area contributed by atoms with Gasteiger partial charge in [0, 0.05) is 13.1 Å². The fourth-order valence-corrected chi connectivity index (χ4v) is 2.17. The first-order chi connectivity index (χ1) is 7.25. The molecule has 2 heteroatoms. The highest BCUT2D eigenvalue weighted by Gasteiger charge is 2.17. The maximum atomic E-state index is 9.18. The van der Waals surface area contributed by atoms with E-state index >= 15 is 0 Å². The Hall–Kier alpha value is -0.860. The molecular formula is C13H19NO. The third kappa shape index (κ3) is 2.80. The van der Waals surface area contributed by atoms with E-state index in [1.54, 1.807) is 0 Å². The molecule has 1 aromatic carbocycles. The zero-order valence-corrected chi connectivity index (χ0v) is 9.32. The minimum Gasteiger partial charge on any atom is -0.393 e. The van der Waals surface area contributed by atoms with Crippen LogP contribution >= 0.6 is 0 Å². The molecule has 0 saturated carbocycles. The smallest absolute Gasteiger partial charge is 0.0512 e. The van der Waals surface area contributed by atoms with Crippen LogP contribution in [0.15, 0.2) is 24.3 Å². The van der Waals surface area contributed by atoms with Gasteiger partial charge in [-0.05, 0) is 37.4 Å². The van der Waals surface area contributed by atoms with Crippen molar-refractivity contribution in [3.63, 3.8) is 0 Å². The Kier molecular flexibility index (Phi) is 3.39. The minimum absolute atomic E-state index is 0.157. The van der Waals surface area contributed by atoms with Gasteiger partial charge in [0.25, 0.3) is 0 Å². The third-order valence-electron chi connectivity index (χ3n) is 3.00. The van der Waals surface area contributed by atoms with Crippen LogP contribution in [0.4, 0.5) is 0 Å². The van der Waals surface area contributed by atoms with Crippen molar-refractivity contribution in [2.75, 3.05) is 6.54 Å². The van der Waals surface area contributed by atoms with Crippen molar-refractivity contribution in [2.45, 2.75) is 39.0 Å². The average Bonchev–Trinajstić information content (AvgIpc) is 2.59. The van der Waals surface area contributed by atoms with Gasteiger partial charge in [0.05, 0.1) is 6.10 Å². The highest BCUT2D eigenvalue weighted by Crippen LogP contribution is 2.22. The van der Waals surface area contributed by atoms with Gasteiger partial charge < -0.3 is 5.11 Å². The second-order valence-corrected chi connectivity index (χ2v) is 4.47. The summed E-state index contributed by atoms with van der Waals surface area (Å²) in [6.07, 6.45) is 1.84. The van der Waals surface area contributed by atoms with Crippen LogP contribution in [0.1, 0.15) is 30.9 Å². The van der Waals surface area contributed by atoms with Crippen LogP contribution in [-0.4, -0.2) is 22.7 Å². The highest BCUT2D eigenvalue weighted by atomic mass is 16.3. The summed E-state index contributed by atoms with van der Waals surface area (Å²) in [5.74, 6) is 0. The van der Waals surface area contributed by atoms with Crippen LogP contribution in [0.25, 0.3) is 0 Å². The van der Waals surface area contributed by atoms with E-state index in [9.17, 15) is 5.11 Å². The Labute approximate surface area is 91.5 Å². The SMILES string of the molecule is CC(O)CCCN1Cc2ccccc2C1. The predicted octanol–water partition coefficient (Wildman–Crippen LogP) is 2.16. The lowest BCUT2D eigenvalue weighted by molar-refractivity contribution is 0.170. The Bertz CT molecular complexity index is 297. The number of hydrogen-bond donors (Lipinski definition) is 1. The van der Waals surface area contributed by atoms with Gasteiger partial charge in [0.2, 0.25) is 0 Å². The van der Waals surface area contributed by atoms with Gasteiger partial charge in [-0.2, -0.15) is 0 Å². The van der Waals surface area contributed by atoms with Crippen LogP contribution < -0.4 is 0 Å². The van der Waals surface area contributed by atoms with Gasteiger partial charge in [-0.1, -0.05) is 24.3 Å². The van der Waals surface area contributed by atoms with Crippen molar-refractivity contribution in [1.82, 2.24) is 4.90 Å². The van der Waals surface area contributed by atoms with E-state index in [4.69, 9.17) is 0 Å². The molecular weight excluding hydrogens is 186 g/mol. The average molecular weight is 205 g/mol. The standard InChI is InChI=1S/C13H19NO/c1-11(15)5-4-8-14-9-12-6-2-3-7-13(12)10-14/h2-3,6-7,11,15H,4-5,8-10H2,1H3. The molecule has 1 unspecified atom stereocenters. The van der Waals surface area contributed by atoms with Crippen LogP contribution in [-0.2, 0) is 13.1 Å². The van der Waals surface area contributed by atoms with E-state index in [0.717, 1.165) is 32.5 Å². The first-order valence-electron chi connectivity index (χ1n) is 5.73. The van der Waals surface area contributed by atoms with E-state index < -0.39 is 0 Å². The lowest BCUT2D eigenvalue weighted by Crippen LogP contribution is -2.18. The first kappa shape index (κ1) is 10.7. The van der Waals surface area contributed by atoms with Gasteiger partial charge in [-0.3, -0.25) is 4.90 Å². The van der Waals surface area contributed by atoms with Crippen molar-refractivity contribution in [3.8, 4) is 0 Å². The third-order valence-corrected chi connectivity index (χ3v) is 3.00. The molecule has 0 amide bonds. The number of aliphatic hydroxyl groups excluding tert-OH is 1. The molecule has 1 N–H and O–H groups in total. The molecule has 1 atom stereocenters. The summed E-state index contributed by atoms with van der Waals surface area (Å²) in [6.45, 7) is 5.12. The first-order valence-corrected chi connectivity index (χ1v) is 5.73. The quantitative estimate of drug-likeness (QED) is 0.814. The summed E-state index contributed by atoms with van der Waals surface area (Å²) in [4.78, 5) is 2.45. The molecule has 82 valence electrons. The van der Waals surface area contributed by atoms with E-state index in [2.05, 4.69) is 29.2 Å². The lowest BCUT2D eigenvalue weighted by atomic mass is 10.1. The van der Waals surface area contributed by atoms with Gasteiger partial charge in [0.15, 0.2) is 0 Å². The van der Waals surface area contributed by atoms with Crippen molar-refractivity contribution in [3.05, 3.63) is 35.4 Å². The minimum atomic E-state index is -0.157. The van der Waals surface area contributed by atoms with Gasteiger partial charge in [-0.25, -0.2) is 0 Å². The summed E-state index contributed by atoms with van der Waals surface area (Å²) in [5, 5.41) is 9.18. The molecule has 0 saturated heterocycles. The maximum absolute atomic E-state index is 9.18. The molecule has 1 aliphatic heterocycles. The summed E-state index contributed by atoms with van der Waals surface area (Å²) < 4.78 is 0.